The van der Waals surface area contributed by atoms with Gasteiger partial charge in [-0.25, -0.2) is 12.4 Å². The van der Waals surface area contributed by atoms with Crippen LogP contribution in [-0.2, 0) is 34.1 Å². The molecule has 1 aromatic heterocycles. The van der Waals surface area contributed by atoms with Crippen LogP contribution in [-0.4, -0.2) is 36.2 Å². The van der Waals surface area contributed by atoms with Crippen LogP contribution in [0.2, 0.25) is 0 Å². The number of hydrogen-bond acceptors (Lipinski definition) is 4. The Kier molecular flexibility index (Phi) is 4.90. The summed E-state index contributed by atoms with van der Waals surface area (Å²) in [5.41, 5.74) is 5.36. The maximum Gasteiger partial charge on any atom is 0.268 e. The number of fused-ring (bicyclic) bond motifs is 5. The molecule has 1 aliphatic carbocycles. The number of aryl methyl sites for hydroxylation is 1. The van der Waals surface area contributed by atoms with E-state index < -0.39 is 10.0 Å². The number of rotatable bonds is 3. The molecule has 160 valence electrons. The molecule has 3 heterocycles. The Morgan fingerprint density at radius 2 is 1.77 bits per heavy atom. The first-order chi connectivity index (χ1) is 14.4. The largest absolute Gasteiger partial charge is 0.299 e. The van der Waals surface area contributed by atoms with Crippen LogP contribution in [0.15, 0.2) is 29.2 Å². The standard InChI is InChI=1S/C24H30N2O3S/c1-3-17-15-25-13-12-20-19-6-4-5-7-21(19)26(24(20)22(25)14-23(17)27)30(28,29)18-10-8-16(2)9-11-18/h8-11,17,22H,3-7,12-15H2,1-2H3/t17-,22-/m1/s1. The molecule has 30 heavy (non-hydrogen) atoms. The van der Waals surface area contributed by atoms with Crippen molar-refractivity contribution in [2.24, 2.45) is 5.92 Å². The van der Waals surface area contributed by atoms with E-state index in [2.05, 4.69) is 11.8 Å². The fourth-order valence-corrected chi connectivity index (χ4v) is 7.37. The molecule has 2 aromatic rings. The van der Waals surface area contributed by atoms with E-state index in [1.54, 1.807) is 16.1 Å². The summed E-state index contributed by atoms with van der Waals surface area (Å²) in [6, 6.07) is 7.03. The van der Waals surface area contributed by atoms with Gasteiger partial charge in [0.15, 0.2) is 0 Å². The molecule has 3 aliphatic rings. The summed E-state index contributed by atoms with van der Waals surface area (Å²) >= 11 is 0. The fourth-order valence-electron chi connectivity index (χ4n) is 5.69. The molecule has 2 atom stereocenters. The second-order valence-electron chi connectivity index (χ2n) is 9.11. The predicted molar refractivity (Wildman–Crippen MR) is 116 cm³/mol. The molecule has 0 amide bonds. The van der Waals surface area contributed by atoms with Gasteiger partial charge >= 0.3 is 0 Å². The quantitative estimate of drug-likeness (QED) is 0.749. The van der Waals surface area contributed by atoms with Crippen molar-refractivity contribution in [1.29, 1.82) is 0 Å². The Morgan fingerprint density at radius 1 is 1.03 bits per heavy atom. The summed E-state index contributed by atoms with van der Waals surface area (Å²) in [6.45, 7) is 5.70. The van der Waals surface area contributed by atoms with Crippen LogP contribution in [0.3, 0.4) is 0 Å². The predicted octanol–water partition coefficient (Wildman–Crippen LogP) is 3.81. The van der Waals surface area contributed by atoms with Gasteiger partial charge in [0.25, 0.3) is 10.0 Å². The Morgan fingerprint density at radius 3 is 2.50 bits per heavy atom. The zero-order valence-electron chi connectivity index (χ0n) is 17.9. The summed E-state index contributed by atoms with van der Waals surface area (Å²) in [7, 11) is -3.70. The van der Waals surface area contributed by atoms with Gasteiger partial charge < -0.3 is 0 Å². The van der Waals surface area contributed by atoms with Gasteiger partial charge in [0, 0.05) is 31.1 Å². The minimum absolute atomic E-state index is 0.0783. The highest BCUT2D eigenvalue weighted by Crippen LogP contribution is 2.44. The smallest absolute Gasteiger partial charge is 0.268 e. The molecule has 1 saturated heterocycles. The van der Waals surface area contributed by atoms with Crippen molar-refractivity contribution in [3.8, 4) is 0 Å². The summed E-state index contributed by atoms with van der Waals surface area (Å²) in [5.74, 6) is 0.361. The van der Waals surface area contributed by atoms with Crippen molar-refractivity contribution in [2.45, 2.75) is 69.7 Å². The van der Waals surface area contributed by atoms with Crippen LogP contribution in [0.4, 0.5) is 0 Å². The van der Waals surface area contributed by atoms with Gasteiger partial charge in [0.1, 0.15) is 5.78 Å². The second kappa shape index (κ2) is 7.34. The van der Waals surface area contributed by atoms with E-state index in [9.17, 15) is 13.2 Å². The van der Waals surface area contributed by atoms with E-state index in [1.807, 2.05) is 19.1 Å². The molecule has 0 N–H and O–H groups in total. The zero-order chi connectivity index (χ0) is 21.0. The molecule has 1 fully saturated rings. The van der Waals surface area contributed by atoms with Gasteiger partial charge in [-0.15, -0.1) is 0 Å². The molecule has 5 nitrogen and oxygen atoms in total. The second-order valence-corrected chi connectivity index (χ2v) is 10.9. The van der Waals surface area contributed by atoms with E-state index in [4.69, 9.17) is 0 Å². The van der Waals surface area contributed by atoms with Crippen LogP contribution >= 0.6 is 0 Å². The van der Waals surface area contributed by atoms with Crippen molar-refractivity contribution in [3.05, 3.63) is 52.3 Å². The van der Waals surface area contributed by atoms with Gasteiger partial charge in [-0.1, -0.05) is 24.6 Å². The summed E-state index contributed by atoms with van der Waals surface area (Å²) < 4.78 is 29.4. The van der Waals surface area contributed by atoms with Crippen LogP contribution in [0.1, 0.15) is 66.7 Å². The van der Waals surface area contributed by atoms with Crippen LogP contribution in [0.5, 0.6) is 0 Å². The normalized spacial score (nSPS) is 24.3. The Hall–Kier alpha value is -1.92. The first-order valence-corrected chi connectivity index (χ1v) is 12.7. The molecule has 0 radical (unpaired) electrons. The molecule has 5 rings (SSSR count). The first kappa shape index (κ1) is 20.0. The Bertz CT molecular complexity index is 1100. The lowest BCUT2D eigenvalue weighted by Crippen LogP contribution is -2.47. The van der Waals surface area contributed by atoms with Gasteiger partial charge in [-0.2, -0.15) is 0 Å². The summed E-state index contributed by atoms with van der Waals surface area (Å²) in [6.07, 6.45) is 6.04. The molecule has 0 unspecified atom stereocenters. The lowest BCUT2D eigenvalue weighted by Gasteiger charge is -2.42. The number of carbonyl (C=O) groups excluding carboxylic acids is 1. The van der Waals surface area contributed by atoms with Gasteiger partial charge in [0.2, 0.25) is 0 Å². The number of nitrogens with zero attached hydrogens (tertiary/aromatic N) is 2. The van der Waals surface area contributed by atoms with Crippen LogP contribution in [0, 0.1) is 12.8 Å². The van der Waals surface area contributed by atoms with E-state index >= 15 is 0 Å². The number of ketones is 1. The summed E-state index contributed by atoms with van der Waals surface area (Å²) in [4.78, 5) is 15.5. The molecule has 0 saturated carbocycles. The lowest BCUT2D eigenvalue weighted by atomic mass is 9.83. The van der Waals surface area contributed by atoms with E-state index in [-0.39, 0.29) is 17.7 Å². The van der Waals surface area contributed by atoms with Crippen molar-refractivity contribution in [1.82, 2.24) is 8.87 Å². The third kappa shape index (κ3) is 2.99. The number of benzene rings is 1. The van der Waals surface area contributed by atoms with Crippen molar-refractivity contribution in [2.75, 3.05) is 13.1 Å². The van der Waals surface area contributed by atoms with E-state index in [1.165, 1.54) is 11.1 Å². The third-order valence-electron chi connectivity index (χ3n) is 7.34. The number of hydrogen-bond donors (Lipinski definition) is 0. The number of piperidine rings is 1. The summed E-state index contributed by atoms with van der Waals surface area (Å²) in [5, 5.41) is 0. The topological polar surface area (TPSA) is 59.4 Å². The van der Waals surface area contributed by atoms with E-state index in [0.717, 1.165) is 68.6 Å². The highest BCUT2D eigenvalue weighted by atomic mass is 32.2. The Balaban J connectivity index is 1.70. The monoisotopic (exact) mass is 426 g/mol. The van der Waals surface area contributed by atoms with Crippen molar-refractivity contribution < 1.29 is 13.2 Å². The molecule has 1 aromatic carbocycles. The average Bonchev–Trinajstić information content (AvgIpc) is 3.09. The highest BCUT2D eigenvalue weighted by Gasteiger charge is 2.43. The Labute approximate surface area is 179 Å². The number of Topliss-reactive ketones (excluding diaryl/α,β-unsaturated/α-hetero) is 1. The molecular formula is C24H30N2O3S. The van der Waals surface area contributed by atoms with Crippen molar-refractivity contribution >= 4 is 15.8 Å². The van der Waals surface area contributed by atoms with Gasteiger partial charge in [0.05, 0.1) is 16.6 Å². The molecule has 0 spiro atoms. The molecular weight excluding hydrogens is 396 g/mol. The minimum Gasteiger partial charge on any atom is -0.299 e. The lowest BCUT2D eigenvalue weighted by molar-refractivity contribution is -0.129. The maximum atomic E-state index is 13.9. The van der Waals surface area contributed by atoms with Crippen LogP contribution in [0.25, 0.3) is 0 Å². The number of aromatic nitrogens is 1. The molecule has 2 aliphatic heterocycles. The molecule has 6 heteroatoms. The van der Waals surface area contributed by atoms with E-state index in [0.29, 0.717) is 11.3 Å². The molecule has 0 bridgehead atoms. The average molecular weight is 427 g/mol. The first-order valence-electron chi connectivity index (χ1n) is 11.3. The van der Waals surface area contributed by atoms with Crippen LogP contribution < -0.4 is 0 Å². The SMILES string of the molecule is CC[C@@H]1CN2CCc3c4c(n(S(=O)(=O)c5ccc(C)cc5)c3[C@H]2CC1=O)CCCC4. The zero-order valence-corrected chi connectivity index (χ0v) is 18.7. The third-order valence-corrected chi connectivity index (χ3v) is 9.10. The fraction of sp³-hybridized carbons (Fsp3) is 0.542. The highest BCUT2D eigenvalue weighted by molar-refractivity contribution is 7.90. The maximum absolute atomic E-state index is 13.9. The van der Waals surface area contributed by atoms with Crippen molar-refractivity contribution in [3.63, 3.8) is 0 Å². The minimum atomic E-state index is -3.70. The van der Waals surface area contributed by atoms with Gasteiger partial charge in [-0.05, 0) is 68.7 Å². The van der Waals surface area contributed by atoms with Gasteiger partial charge in [-0.3, -0.25) is 9.69 Å². The number of carbonyl (C=O) groups is 1.